The van der Waals surface area contributed by atoms with Gasteiger partial charge in [-0.25, -0.2) is 0 Å². The summed E-state index contributed by atoms with van der Waals surface area (Å²) >= 11 is 2.30. The van der Waals surface area contributed by atoms with Gasteiger partial charge in [0.2, 0.25) is 0 Å². The SMILES string of the molecule is FC(F)(F)c1ccc(P(I)(c2ccccc2)(c2ccccc2)c2ccc(C(F)(F)F)cc2)cc1. The number of alkyl halides is 6. The average Bonchev–Trinajstić information content (AvgIpc) is 2.84. The molecule has 0 nitrogen and oxygen atoms in total. The third-order valence-corrected chi connectivity index (χ3v) is 17.6. The zero-order valence-electron chi connectivity index (χ0n) is 17.5. The molecular formula is C26H18F6IP. The first-order valence-corrected chi connectivity index (χ1v) is 15.2. The second kappa shape index (κ2) is 8.68. The van der Waals surface area contributed by atoms with Crippen molar-refractivity contribution in [1.29, 1.82) is 0 Å². The van der Waals surface area contributed by atoms with Crippen LogP contribution in [0.3, 0.4) is 0 Å². The fourth-order valence-corrected chi connectivity index (χ4v) is 12.7. The first-order chi connectivity index (χ1) is 16.0. The Hall–Kier alpha value is -2.38. The predicted molar refractivity (Wildman–Crippen MR) is 135 cm³/mol. The van der Waals surface area contributed by atoms with Crippen molar-refractivity contribution in [1.82, 2.24) is 0 Å². The molecule has 0 bridgehead atoms. The number of hydrogen-bond acceptors (Lipinski definition) is 0. The van der Waals surface area contributed by atoms with E-state index in [1.165, 1.54) is 24.3 Å². The van der Waals surface area contributed by atoms with Crippen LogP contribution in [0.2, 0.25) is 0 Å². The third-order valence-electron chi connectivity index (χ3n) is 5.84. The van der Waals surface area contributed by atoms with Crippen LogP contribution in [0.5, 0.6) is 0 Å². The Balaban J connectivity index is 2.12. The van der Waals surface area contributed by atoms with E-state index in [1.54, 1.807) is 0 Å². The van der Waals surface area contributed by atoms with E-state index in [1.807, 2.05) is 60.7 Å². The van der Waals surface area contributed by atoms with E-state index in [-0.39, 0.29) is 0 Å². The Bertz CT molecular complexity index is 1160. The zero-order chi connectivity index (χ0) is 24.6. The molecule has 0 saturated heterocycles. The van der Waals surface area contributed by atoms with Crippen molar-refractivity contribution in [3.8, 4) is 0 Å². The Morgan fingerprint density at radius 3 is 0.941 bits per heavy atom. The van der Waals surface area contributed by atoms with E-state index in [4.69, 9.17) is 0 Å². The zero-order valence-corrected chi connectivity index (χ0v) is 20.5. The van der Waals surface area contributed by atoms with Crippen LogP contribution in [0.1, 0.15) is 11.1 Å². The molecule has 0 saturated carbocycles. The first-order valence-electron chi connectivity index (χ1n) is 10.2. The molecular weight excluding hydrogens is 584 g/mol. The molecule has 176 valence electrons. The molecule has 4 rings (SSSR count). The first kappa shape index (κ1) is 24.7. The molecule has 4 aromatic rings. The maximum atomic E-state index is 13.3. The molecule has 8 heteroatoms. The average molecular weight is 602 g/mol. The van der Waals surface area contributed by atoms with E-state index >= 15 is 0 Å². The number of halogens is 7. The van der Waals surface area contributed by atoms with E-state index in [2.05, 4.69) is 22.0 Å². The summed E-state index contributed by atoms with van der Waals surface area (Å²) in [6.07, 6.45) is -9.01. The van der Waals surface area contributed by atoms with Crippen LogP contribution >= 0.6 is 26.3 Å². The third kappa shape index (κ3) is 4.03. The van der Waals surface area contributed by atoms with Crippen LogP contribution in [-0.2, 0) is 12.4 Å². The number of benzene rings is 4. The molecule has 0 atom stereocenters. The van der Waals surface area contributed by atoms with Crippen LogP contribution in [-0.4, -0.2) is 0 Å². The van der Waals surface area contributed by atoms with Crippen molar-refractivity contribution < 1.29 is 26.3 Å². The van der Waals surface area contributed by atoms with Crippen LogP contribution in [0.4, 0.5) is 26.3 Å². The maximum absolute atomic E-state index is 13.3. The van der Waals surface area contributed by atoms with E-state index in [0.717, 1.165) is 34.9 Å². The van der Waals surface area contributed by atoms with Crippen molar-refractivity contribution in [3.05, 3.63) is 120 Å². The number of rotatable bonds is 4. The minimum atomic E-state index is -4.51. The summed E-state index contributed by atoms with van der Waals surface area (Å²) in [6.45, 7) is 0. The molecule has 34 heavy (non-hydrogen) atoms. The summed E-state index contributed by atoms with van der Waals surface area (Å²) in [5.41, 5.74) is -1.57. The van der Waals surface area contributed by atoms with Crippen molar-refractivity contribution in [2.45, 2.75) is 12.4 Å². The normalized spacial score (nSPS) is 13.8. The van der Waals surface area contributed by atoms with Crippen molar-refractivity contribution >= 4 is 47.5 Å². The number of hydrogen-bond donors (Lipinski definition) is 0. The van der Waals surface area contributed by atoms with E-state index in [9.17, 15) is 26.3 Å². The van der Waals surface area contributed by atoms with Gasteiger partial charge in [-0.1, -0.05) is 0 Å². The van der Waals surface area contributed by atoms with Gasteiger partial charge in [-0.2, -0.15) is 0 Å². The molecule has 0 fully saturated rings. The Labute approximate surface area is 206 Å². The van der Waals surface area contributed by atoms with Crippen LogP contribution < -0.4 is 21.2 Å². The molecule has 0 aliphatic rings. The van der Waals surface area contributed by atoms with Crippen molar-refractivity contribution in [2.75, 3.05) is 0 Å². The molecule has 0 radical (unpaired) electrons. The summed E-state index contributed by atoms with van der Waals surface area (Å²) in [5, 5.41) is 2.85. The molecule has 0 N–H and O–H groups in total. The molecule has 0 unspecified atom stereocenters. The summed E-state index contributed by atoms with van der Waals surface area (Å²) in [5.74, 6) is 0. The molecule has 0 aliphatic heterocycles. The topological polar surface area (TPSA) is 0 Å². The summed E-state index contributed by atoms with van der Waals surface area (Å²) in [6, 6.07) is 28.4. The Kier molecular flexibility index (Phi) is 6.32. The summed E-state index contributed by atoms with van der Waals surface area (Å²) in [4.78, 5) is 0. The van der Waals surface area contributed by atoms with Crippen LogP contribution in [0, 0.1) is 0 Å². The fraction of sp³-hybridized carbons (Fsp3) is 0.0769. The van der Waals surface area contributed by atoms with Gasteiger partial charge in [0.05, 0.1) is 0 Å². The van der Waals surface area contributed by atoms with E-state index in [0.29, 0.717) is 10.6 Å². The molecule has 0 aromatic heterocycles. The van der Waals surface area contributed by atoms with Gasteiger partial charge in [0, 0.05) is 0 Å². The Morgan fingerprint density at radius 2 is 0.676 bits per heavy atom. The van der Waals surface area contributed by atoms with E-state index < -0.39 is 27.7 Å². The second-order valence-corrected chi connectivity index (χ2v) is 17.6. The van der Waals surface area contributed by atoms with Gasteiger partial charge in [0.25, 0.3) is 0 Å². The van der Waals surface area contributed by atoms with Crippen LogP contribution in [0.25, 0.3) is 0 Å². The van der Waals surface area contributed by atoms with Gasteiger partial charge in [-0.05, 0) is 0 Å². The Morgan fingerprint density at radius 1 is 0.412 bits per heavy atom. The molecule has 0 amide bonds. The van der Waals surface area contributed by atoms with Crippen molar-refractivity contribution in [3.63, 3.8) is 0 Å². The minimum absolute atomic E-state index is 0.608. The molecule has 0 aliphatic carbocycles. The van der Waals surface area contributed by atoms with Gasteiger partial charge in [-0.3, -0.25) is 0 Å². The van der Waals surface area contributed by atoms with Gasteiger partial charge >= 0.3 is 207 Å². The van der Waals surface area contributed by atoms with Crippen LogP contribution in [0.15, 0.2) is 109 Å². The fourth-order valence-electron chi connectivity index (χ4n) is 4.17. The van der Waals surface area contributed by atoms with Crippen molar-refractivity contribution in [2.24, 2.45) is 0 Å². The monoisotopic (exact) mass is 602 g/mol. The molecule has 4 aromatic carbocycles. The molecule has 0 spiro atoms. The van der Waals surface area contributed by atoms with Gasteiger partial charge in [0.15, 0.2) is 0 Å². The second-order valence-electron chi connectivity index (χ2n) is 7.77. The quantitative estimate of drug-likeness (QED) is 0.132. The summed E-state index contributed by atoms with van der Waals surface area (Å²) < 4.78 is 76.3. The van der Waals surface area contributed by atoms with Gasteiger partial charge in [0.1, 0.15) is 0 Å². The molecule has 0 heterocycles. The van der Waals surface area contributed by atoms with Gasteiger partial charge in [-0.15, -0.1) is 0 Å². The van der Waals surface area contributed by atoms with Gasteiger partial charge < -0.3 is 0 Å². The predicted octanol–water partition coefficient (Wildman–Crippen LogP) is 7.23. The standard InChI is InChI=1S/C26H18F6IP/c27-25(28,29)19-11-15-23(16-12-19)34(33,21-7-3-1-4-8-21,22-9-5-2-6-10-22)24-17-13-20(14-18-24)26(30,31)32/h1-18H. The summed E-state index contributed by atoms with van der Waals surface area (Å²) in [7, 11) is 0.